The molecule has 0 saturated heterocycles. The average molecular weight is 427 g/mol. The van der Waals surface area contributed by atoms with Gasteiger partial charge in [0.05, 0.1) is 7.11 Å². The van der Waals surface area contributed by atoms with Gasteiger partial charge in [-0.25, -0.2) is 0 Å². The first-order valence-electron chi connectivity index (χ1n) is 11.1. The number of methoxy groups -OCH3 is 1. The highest BCUT2D eigenvalue weighted by molar-refractivity contribution is 6.24. The van der Waals surface area contributed by atoms with E-state index in [1.165, 1.54) is 0 Å². The molecule has 2 aliphatic rings. The van der Waals surface area contributed by atoms with Crippen LogP contribution in [-0.2, 0) is 10.2 Å². The Bertz CT molecular complexity index is 1450. The van der Waals surface area contributed by atoms with Crippen molar-refractivity contribution in [1.29, 1.82) is 0 Å². The average Bonchev–Trinajstić information content (AvgIpc) is 3.18. The summed E-state index contributed by atoms with van der Waals surface area (Å²) in [5.74, 6) is 0.858. The fourth-order valence-electron chi connectivity index (χ4n) is 5.45. The second-order valence-corrected chi connectivity index (χ2v) is 8.43. The van der Waals surface area contributed by atoms with Gasteiger partial charge in [0.15, 0.2) is 5.78 Å². The highest BCUT2D eigenvalue weighted by Gasteiger charge is 2.53. The van der Waals surface area contributed by atoms with E-state index in [0.717, 1.165) is 50.3 Å². The van der Waals surface area contributed by atoms with Crippen molar-refractivity contribution in [2.45, 2.75) is 5.41 Å². The zero-order valence-electron chi connectivity index (χ0n) is 18.3. The van der Waals surface area contributed by atoms with E-state index in [-0.39, 0.29) is 5.78 Å². The van der Waals surface area contributed by atoms with Gasteiger partial charge in [-0.3, -0.25) is 4.79 Å². The fourth-order valence-corrected chi connectivity index (χ4v) is 5.45. The Balaban J connectivity index is 1.83. The standard InChI is InChI=1S/C31H22O2/c1-33-24-17-18-27-25(20-24)29(22-11-4-2-5-12-22)30(23-13-6-3-7-14-23)31(27)26-15-9-8-10-21(26)16-19-28(31)32/h2-20H,1H3. The van der Waals surface area contributed by atoms with Crippen LogP contribution in [0.3, 0.4) is 0 Å². The highest BCUT2D eigenvalue weighted by Crippen LogP contribution is 2.59. The van der Waals surface area contributed by atoms with E-state index in [1.807, 2.05) is 60.7 Å². The van der Waals surface area contributed by atoms with Crippen LogP contribution in [0.2, 0.25) is 0 Å². The van der Waals surface area contributed by atoms with Gasteiger partial charge in [-0.1, -0.05) is 97.1 Å². The zero-order valence-corrected chi connectivity index (χ0v) is 18.3. The minimum Gasteiger partial charge on any atom is -0.497 e. The molecule has 158 valence electrons. The lowest BCUT2D eigenvalue weighted by Gasteiger charge is -2.36. The Morgan fingerprint density at radius 3 is 2.06 bits per heavy atom. The minimum atomic E-state index is -0.917. The van der Waals surface area contributed by atoms with Crippen LogP contribution in [-0.4, -0.2) is 12.9 Å². The van der Waals surface area contributed by atoms with Crippen LogP contribution in [0.15, 0.2) is 109 Å². The van der Waals surface area contributed by atoms with Crippen molar-refractivity contribution >= 4 is 23.0 Å². The van der Waals surface area contributed by atoms with Crippen LogP contribution < -0.4 is 4.74 Å². The van der Waals surface area contributed by atoms with Crippen molar-refractivity contribution in [3.05, 3.63) is 143 Å². The number of carbonyl (C=O) groups excluding carboxylic acids is 1. The first-order chi connectivity index (χ1) is 16.2. The molecule has 2 nitrogen and oxygen atoms in total. The summed E-state index contributed by atoms with van der Waals surface area (Å²) < 4.78 is 5.62. The van der Waals surface area contributed by atoms with Gasteiger partial charge in [-0.05, 0) is 62.7 Å². The van der Waals surface area contributed by atoms with E-state index in [9.17, 15) is 4.79 Å². The molecule has 1 spiro atoms. The van der Waals surface area contributed by atoms with Gasteiger partial charge in [0, 0.05) is 0 Å². The molecular weight excluding hydrogens is 404 g/mol. The molecule has 0 aliphatic heterocycles. The van der Waals surface area contributed by atoms with Gasteiger partial charge in [0.2, 0.25) is 0 Å². The number of ketones is 1. The molecule has 33 heavy (non-hydrogen) atoms. The highest BCUT2D eigenvalue weighted by atomic mass is 16.5. The van der Waals surface area contributed by atoms with Crippen LogP contribution in [0, 0.1) is 0 Å². The fraction of sp³-hybridized carbons (Fsp3) is 0.0645. The molecule has 2 heteroatoms. The van der Waals surface area contributed by atoms with Gasteiger partial charge in [0.25, 0.3) is 0 Å². The van der Waals surface area contributed by atoms with E-state index in [1.54, 1.807) is 13.2 Å². The number of rotatable bonds is 3. The maximum Gasteiger partial charge on any atom is 0.175 e. The number of benzene rings is 4. The maximum absolute atomic E-state index is 14.1. The zero-order chi connectivity index (χ0) is 22.4. The van der Waals surface area contributed by atoms with Crippen LogP contribution in [0.4, 0.5) is 0 Å². The Labute approximate surface area is 193 Å². The summed E-state index contributed by atoms with van der Waals surface area (Å²) in [4.78, 5) is 14.1. The van der Waals surface area contributed by atoms with E-state index in [2.05, 4.69) is 48.5 Å². The van der Waals surface area contributed by atoms with Crippen LogP contribution in [0.1, 0.15) is 33.4 Å². The third-order valence-corrected chi connectivity index (χ3v) is 6.80. The summed E-state index contributed by atoms with van der Waals surface area (Å²) in [7, 11) is 1.68. The van der Waals surface area contributed by atoms with Gasteiger partial charge in [-0.2, -0.15) is 0 Å². The van der Waals surface area contributed by atoms with E-state index in [4.69, 9.17) is 4.74 Å². The van der Waals surface area contributed by atoms with Crippen molar-refractivity contribution in [2.75, 3.05) is 7.11 Å². The monoisotopic (exact) mass is 426 g/mol. The molecule has 1 unspecified atom stereocenters. The van der Waals surface area contributed by atoms with Crippen molar-refractivity contribution in [3.63, 3.8) is 0 Å². The third-order valence-electron chi connectivity index (χ3n) is 6.80. The third kappa shape index (κ3) is 2.71. The molecule has 4 aromatic rings. The lowest BCUT2D eigenvalue weighted by Crippen LogP contribution is -2.38. The first kappa shape index (κ1) is 19.5. The second kappa shape index (κ2) is 7.46. The number of hydrogen-bond donors (Lipinski definition) is 0. The second-order valence-electron chi connectivity index (χ2n) is 8.43. The number of ether oxygens (including phenoxy) is 1. The molecule has 1 atom stereocenters. The molecule has 0 bridgehead atoms. The van der Waals surface area contributed by atoms with Crippen LogP contribution in [0.25, 0.3) is 17.2 Å². The van der Waals surface area contributed by atoms with Crippen LogP contribution in [0.5, 0.6) is 5.75 Å². The van der Waals surface area contributed by atoms with Gasteiger partial charge in [-0.15, -0.1) is 0 Å². The minimum absolute atomic E-state index is 0.0809. The van der Waals surface area contributed by atoms with Crippen LogP contribution >= 0.6 is 0 Å². The van der Waals surface area contributed by atoms with Gasteiger partial charge >= 0.3 is 0 Å². The summed E-state index contributed by atoms with van der Waals surface area (Å²) in [6.45, 7) is 0. The summed E-state index contributed by atoms with van der Waals surface area (Å²) in [6.07, 6.45) is 3.68. The number of allylic oxidation sites excluding steroid dienone is 2. The van der Waals surface area contributed by atoms with Crippen molar-refractivity contribution in [2.24, 2.45) is 0 Å². The van der Waals surface area contributed by atoms with E-state index < -0.39 is 5.41 Å². The molecule has 0 aromatic heterocycles. The first-order valence-corrected chi connectivity index (χ1v) is 11.1. The van der Waals surface area contributed by atoms with Crippen molar-refractivity contribution in [3.8, 4) is 5.75 Å². The van der Waals surface area contributed by atoms with E-state index in [0.29, 0.717) is 0 Å². The SMILES string of the molecule is COc1ccc2c(c1)C(c1ccccc1)=C(c1ccccc1)C21C(=O)C=Cc2ccccc21. The summed E-state index contributed by atoms with van der Waals surface area (Å²) in [5, 5.41) is 0. The van der Waals surface area contributed by atoms with E-state index >= 15 is 0 Å². The molecule has 0 N–H and O–H groups in total. The Kier molecular flexibility index (Phi) is 4.41. The molecule has 0 saturated carbocycles. The maximum atomic E-state index is 14.1. The molecule has 4 aromatic carbocycles. The summed E-state index contributed by atoms with van der Waals surface area (Å²) in [5.41, 5.74) is 7.46. The molecule has 0 amide bonds. The van der Waals surface area contributed by atoms with Crippen molar-refractivity contribution < 1.29 is 9.53 Å². The Morgan fingerprint density at radius 1 is 0.667 bits per heavy atom. The largest absolute Gasteiger partial charge is 0.497 e. The predicted octanol–water partition coefficient (Wildman–Crippen LogP) is 6.55. The molecule has 0 fully saturated rings. The quantitative estimate of drug-likeness (QED) is 0.371. The number of hydrogen-bond acceptors (Lipinski definition) is 2. The molecular formula is C31H22O2. The topological polar surface area (TPSA) is 26.3 Å². The summed E-state index contributed by atoms with van der Waals surface area (Å²) in [6, 6.07) is 35.0. The number of fused-ring (bicyclic) bond motifs is 4. The lowest BCUT2D eigenvalue weighted by atomic mass is 9.63. The predicted molar refractivity (Wildman–Crippen MR) is 133 cm³/mol. The van der Waals surface area contributed by atoms with Crippen molar-refractivity contribution in [1.82, 2.24) is 0 Å². The molecule has 0 radical (unpaired) electrons. The van der Waals surface area contributed by atoms with Gasteiger partial charge < -0.3 is 4.74 Å². The smallest absolute Gasteiger partial charge is 0.175 e. The Hall–Kier alpha value is -4.17. The number of carbonyl (C=O) groups is 1. The summed E-state index contributed by atoms with van der Waals surface area (Å²) >= 11 is 0. The molecule has 0 heterocycles. The van der Waals surface area contributed by atoms with Gasteiger partial charge in [0.1, 0.15) is 11.2 Å². The molecule has 6 rings (SSSR count). The normalized spacial score (nSPS) is 18.4. The molecule has 2 aliphatic carbocycles. The Morgan fingerprint density at radius 2 is 1.33 bits per heavy atom. The lowest BCUT2D eigenvalue weighted by molar-refractivity contribution is -0.116.